The van der Waals surface area contributed by atoms with Gasteiger partial charge in [0.1, 0.15) is 5.52 Å². The van der Waals surface area contributed by atoms with Crippen molar-refractivity contribution in [2.24, 2.45) is 0 Å². The number of amides is 2. The molecule has 33 heavy (non-hydrogen) atoms. The lowest BCUT2D eigenvalue weighted by atomic mass is 10.1. The minimum Gasteiger partial charge on any atom is -0.439 e. The second kappa shape index (κ2) is 7.95. The fourth-order valence-electron chi connectivity index (χ4n) is 3.53. The topological polar surface area (TPSA) is 111 Å². The summed E-state index contributed by atoms with van der Waals surface area (Å²) in [5, 5.41) is 8.27. The number of imide groups is 1. The van der Waals surface area contributed by atoms with E-state index in [1.807, 2.05) is 0 Å². The van der Waals surface area contributed by atoms with Crippen LogP contribution >= 0.6 is 11.6 Å². The molecule has 0 N–H and O–H groups in total. The largest absolute Gasteiger partial charge is 0.439 e. The summed E-state index contributed by atoms with van der Waals surface area (Å²) in [6.45, 7) is -0.467. The number of carbonyl (C=O) groups excluding carboxylic acids is 3. The van der Waals surface area contributed by atoms with Crippen LogP contribution < -0.4 is 10.5 Å². The SMILES string of the molecule is O=C(OCn1nnc2ccccc2c1=O)c1ccc2c(c1)C(=O)N(c1ccccc1Cl)C2=O. The van der Waals surface area contributed by atoms with Crippen LogP contribution in [0.4, 0.5) is 5.69 Å². The van der Waals surface area contributed by atoms with Gasteiger partial charge in [0.15, 0.2) is 6.73 Å². The number of rotatable bonds is 4. The second-order valence-electron chi connectivity index (χ2n) is 7.13. The Morgan fingerprint density at radius 1 is 0.909 bits per heavy atom. The molecule has 0 unspecified atom stereocenters. The Balaban J connectivity index is 1.38. The Morgan fingerprint density at radius 2 is 1.64 bits per heavy atom. The molecule has 5 rings (SSSR count). The molecule has 10 heteroatoms. The van der Waals surface area contributed by atoms with E-state index in [-0.39, 0.29) is 27.4 Å². The zero-order valence-electron chi connectivity index (χ0n) is 16.8. The molecule has 0 saturated carbocycles. The number of para-hydroxylation sites is 1. The fraction of sp³-hybridized carbons (Fsp3) is 0.0435. The van der Waals surface area contributed by atoms with Gasteiger partial charge >= 0.3 is 5.97 Å². The van der Waals surface area contributed by atoms with E-state index in [0.29, 0.717) is 10.9 Å². The van der Waals surface area contributed by atoms with E-state index in [9.17, 15) is 19.2 Å². The number of anilines is 1. The number of halogens is 1. The standard InChI is InChI=1S/C23H13ClN4O5/c24-17-6-2-4-8-19(17)28-21(30)14-10-9-13(11-16(14)22(28)31)23(32)33-12-27-20(29)15-5-1-3-7-18(15)25-26-27/h1-11H,12H2. The van der Waals surface area contributed by atoms with Gasteiger partial charge in [0, 0.05) is 0 Å². The van der Waals surface area contributed by atoms with Crippen LogP contribution in [0.25, 0.3) is 10.9 Å². The Bertz CT molecular complexity index is 1530. The van der Waals surface area contributed by atoms with Crippen molar-refractivity contribution in [3.05, 3.63) is 98.8 Å². The minimum atomic E-state index is -0.795. The number of ether oxygens (including phenoxy) is 1. The van der Waals surface area contributed by atoms with Gasteiger partial charge in [-0.3, -0.25) is 14.4 Å². The molecule has 162 valence electrons. The predicted octanol–water partition coefficient (Wildman–Crippen LogP) is 3.06. The van der Waals surface area contributed by atoms with E-state index in [2.05, 4.69) is 10.3 Å². The van der Waals surface area contributed by atoms with Gasteiger partial charge in [-0.15, -0.1) is 5.10 Å². The number of benzene rings is 3. The number of aromatic nitrogens is 3. The molecule has 0 radical (unpaired) electrons. The normalized spacial score (nSPS) is 12.8. The maximum Gasteiger partial charge on any atom is 0.339 e. The van der Waals surface area contributed by atoms with Crippen LogP contribution in [0.2, 0.25) is 5.02 Å². The molecule has 1 aliphatic rings. The van der Waals surface area contributed by atoms with Crippen molar-refractivity contribution >= 4 is 46.0 Å². The molecule has 9 nitrogen and oxygen atoms in total. The highest BCUT2D eigenvalue weighted by atomic mass is 35.5. The van der Waals surface area contributed by atoms with Crippen LogP contribution in [0.5, 0.6) is 0 Å². The van der Waals surface area contributed by atoms with Crippen molar-refractivity contribution in [1.82, 2.24) is 15.0 Å². The Hall–Kier alpha value is -4.37. The molecular formula is C23H13ClN4O5. The number of esters is 1. The zero-order chi connectivity index (χ0) is 23.1. The maximum atomic E-state index is 12.9. The Labute approximate surface area is 190 Å². The van der Waals surface area contributed by atoms with Gasteiger partial charge < -0.3 is 4.74 Å². The second-order valence-corrected chi connectivity index (χ2v) is 7.54. The lowest BCUT2D eigenvalue weighted by Gasteiger charge is -2.15. The minimum absolute atomic E-state index is 0.0395. The van der Waals surface area contributed by atoms with Gasteiger partial charge in [-0.2, -0.15) is 4.68 Å². The number of nitrogens with zero attached hydrogens (tertiary/aromatic N) is 4. The van der Waals surface area contributed by atoms with E-state index < -0.39 is 30.1 Å². The molecule has 0 spiro atoms. The lowest BCUT2D eigenvalue weighted by molar-refractivity contribution is 0.0336. The van der Waals surface area contributed by atoms with Crippen molar-refractivity contribution in [1.29, 1.82) is 0 Å². The van der Waals surface area contributed by atoms with Crippen LogP contribution in [-0.2, 0) is 11.5 Å². The van der Waals surface area contributed by atoms with Gasteiger partial charge in [0.25, 0.3) is 17.4 Å². The molecule has 3 aromatic carbocycles. The summed E-state index contributed by atoms with van der Waals surface area (Å²) in [6, 6.07) is 17.2. The summed E-state index contributed by atoms with van der Waals surface area (Å²) >= 11 is 6.15. The highest BCUT2D eigenvalue weighted by Crippen LogP contribution is 2.33. The van der Waals surface area contributed by atoms with Crippen LogP contribution in [0.15, 0.2) is 71.5 Å². The molecule has 1 aromatic heterocycles. The van der Waals surface area contributed by atoms with Crippen LogP contribution in [0.3, 0.4) is 0 Å². The molecule has 0 aliphatic carbocycles. The van der Waals surface area contributed by atoms with E-state index in [1.165, 1.54) is 18.2 Å². The first-order valence-electron chi connectivity index (χ1n) is 9.73. The van der Waals surface area contributed by atoms with E-state index >= 15 is 0 Å². The Kier molecular flexibility index (Phi) is 4.95. The first-order valence-corrected chi connectivity index (χ1v) is 10.1. The molecule has 2 heterocycles. The number of fused-ring (bicyclic) bond motifs is 2. The molecule has 0 fully saturated rings. The van der Waals surface area contributed by atoms with E-state index in [1.54, 1.807) is 48.5 Å². The quantitative estimate of drug-likeness (QED) is 0.340. The summed E-state index contributed by atoms with van der Waals surface area (Å²) in [4.78, 5) is 51.7. The van der Waals surface area contributed by atoms with Gasteiger partial charge in [-0.25, -0.2) is 9.69 Å². The molecular weight excluding hydrogens is 448 g/mol. The van der Waals surface area contributed by atoms with Gasteiger partial charge in [0.2, 0.25) is 0 Å². The predicted molar refractivity (Wildman–Crippen MR) is 118 cm³/mol. The molecule has 0 bridgehead atoms. The highest BCUT2D eigenvalue weighted by molar-refractivity contribution is 6.39. The molecule has 0 atom stereocenters. The summed E-state index contributed by atoms with van der Waals surface area (Å²) in [7, 11) is 0. The third-order valence-electron chi connectivity index (χ3n) is 5.16. The molecule has 4 aromatic rings. The Morgan fingerprint density at radius 3 is 2.45 bits per heavy atom. The summed E-state index contributed by atoms with van der Waals surface area (Å²) in [5.41, 5.74) is 0.458. The highest BCUT2D eigenvalue weighted by Gasteiger charge is 2.38. The van der Waals surface area contributed by atoms with Gasteiger partial charge in [-0.1, -0.05) is 41.1 Å². The van der Waals surface area contributed by atoms with Crippen molar-refractivity contribution in [2.75, 3.05) is 4.90 Å². The van der Waals surface area contributed by atoms with E-state index in [0.717, 1.165) is 9.58 Å². The van der Waals surface area contributed by atoms with Crippen molar-refractivity contribution in [3.63, 3.8) is 0 Å². The van der Waals surface area contributed by atoms with E-state index in [4.69, 9.17) is 16.3 Å². The zero-order valence-corrected chi connectivity index (χ0v) is 17.5. The van der Waals surface area contributed by atoms with Crippen LogP contribution in [0.1, 0.15) is 31.1 Å². The average Bonchev–Trinajstić information content (AvgIpc) is 3.08. The third kappa shape index (κ3) is 3.44. The molecule has 2 amide bonds. The molecule has 1 aliphatic heterocycles. The number of hydrogen-bond donors (Lipinski definition) is 0. The smallest absolute Gasteiger partial charge is 0.339 e. The fourth-order valence-corrected chi connectivity index (χ4v) is 3.75. The number of carbonyl (C=O) groups is 3. The third-order valence-corrected chi connectivity index (χ3v) is 5.48. The molecule has 0 saturated heterocycles. The summed E-state index contributed by atoms with van der Waals surface area (Å²) < 4.78 is 6.10. The average molecular weight is 461 g/mol. The van der Waals surface area contributed by atoms with Crippen LogP contribution in [0, 0.1) is 0 Å². The lowest BCUT2D eigenvalue weighted by Crippen LogP contribution is -2.29. The van der Waals surface area contributed by atoms with Crippen LogP contribution in [-0.4, -0.2) is 32.8 Å². The maximum absolute atomic E-state index is 12.9. The van der Waals surface area contributed by atoms with Gasteiger partial charge in [0.05, 0.1) is 32.8 Å². The van der Waals surface area contributed by atoms with Crippen molar-refractivity contribution < 1.29 is 19.1 Å². The summed E-state index contributed by atoms with van der Waals surface area (Å²) in [5.74, 6) is -1.94. The first kappa shape index (κ1) is 20.5. The number of hydrogen-bond acceptors (Lipinski definition) is 7. The monoisotopic (exact) mass is 460 g/mol. The van der Waals surface area contributed by atoms with Crippen molar-refractivity contribution in [2.45, 2.75) is 6.73 Å². The first-order chi connectivity index (χ1) is 16.0. The summed E-state index contributed by atoms with van der Waals surface area (Å²) in [6.07, 6.45) is 0. The van der Waals surface area contributed by atoms with Gasteiger partial charge in [-0.05, 0) is 42.5 Å². The van der Waals surface area contributed by atoms with Crippen molar-refractivity contribution in [3.8, 4) is 0 Å².